The predicted octanol–water partition coefficient (Wildman–Crippen LogP) is 1.09. The average molecular weight is 252 g/mol. The van der Waals surface area contributed by atoms with Gasteiger partial charge in [-0.05, 0) is 40.3 Å². The van der Waals surface area contributed by atoms with Gasteiger partial charge < -0.3 is 10.2 Å². The largest absolute Gasteiger partial charge is 0.371 e. The smallest absolute Gasteiger partial charge is 0.268 e. The summed E-state index contributed by atoms with van der Waals surface area (Å²) in [5.74, 6) is 0. The molecular weight excluding hydrogens is 228 g/mol. The van der Waals surface area contributed by atoms with Crippen molar-refractivity contribution in [1.82, 2.24) is 15.1 Å². The molecule has 1 N–H and O–H groups in total. The number of unbranched alkanes of at least 4 members (excludes halogenated alkanes) is 1. The molecule has 0 bridgehead atoms. The van der Waals surface area contributed by atoms with E-state index in [1.54, 1.807) is 16.9 Å². The number of nitrogens with zero attached hydrogens (tertiary/aromatic N) is 3. The van der Waals surface area contributed by atoms with Crippen LogP contribution >= 0.6 is 0 Å². The van der Waals surface area contributed by atoms with Crippen molar-refractivity contribution in [2.45, 2.75) is 33.2 Å². The van der Waals surface area contributed by atoms with Crippen LogP contribution < -0.4 is 15.8 Å². The summed E-state index contributed by atoms with van der Waals surface area (Å²) >= 11 is 0. The normalized spacial score (nSPS) is 10.6. The van der Waals surface area contributed by atoms with Gasteiger partial charge in [0.25, 0.3) is 5.56 Å². The van der Waals surface area contributed by atoms with Crippen molar-refractivity contribution in [3.63, 3.8) is 0 Å². The molecular formula is C13H24N4O. The minimum Gasteiger partial charge on any atom is -0.371 e. The van der Waals surface area contributed by atoms with Gasteiger partial charge in [-0.2, -0.15) is 5.10 Å². The van der Waals surface area contributed by atoms with Crippen LogP contribution in [0.2, 0.25) is 0 Å². The highest BCUT2D eigenvalue weighted by Crippen LogP contribution is 2.08. The van der Waals surface area contributed by atoms with Crippen LogP contribution in [0.3, 0.4) is 0 Å². The Morgan fingerprint density at radius 1 is 1.33 bits per heavy atom. The van der Waals surface area contributed by atoms with E-state index in [0.717, 1.165) is 38.2 Å². The predicted molar refractivity (Wildman–Crippen MR) is 75.2 cm³/mol. The molecule has 0 spiro atoms. The van der Waals surface area contributed by atoms with Gasteiger partial charge in [0.2, 0.25) is 0 Å². The van der Waals surface area contributed by atoms with Gasteiger partial charge in [-0.3, -0.25) is 4.79 Å². The summed E-state index contributed by atoms with van der Waals surface area (Å²) in [6.45, 7) is 7.61. The number of aryl methyl sites for hydroxylation is 1. The van der Waals surface area contributed by atoms with E-state index in [2.05, 4.69) is 29.2 Å². The molecule has 0 aliphatic rings. The monoisotopic (exact) mass is 252 g/mol. The van der Waals surface area contributed by atoms with Gasteiger partial charge in [0.1, 0.15) is 0 Å². The number of hydrogen-bond acceptors (Lipinski definition) is 4. The maximum Gasteiger partial charge on any atom is 0.268 e. The van der Waals surface area contributed by atoms with Crippen LogP contribution in [0.15, 0.2) is 17.1 Å². The second-order valence-corrected chi connectivity index (χ2v) is 4.26. The topological polar surface area (TPSA) is 50.2 Å². The Morgan fingerprint density at radius 2 is 2.06 bits per heavy atom. The lowest BCUT2D eigenvalue weighted by Gasteiger charge is -2.20. The summed E-state index contributed by atoms with van der Waals surface area (Å²) in [4.78, 5) is 14.0. The van der Waals surface area contributed by atoms with E-state index in [1.807, 2.05) is 7.05 Å². The fraction of sp³-hybridized carbons (Fsp3) is 0.692. The van der Waals surface area contributed by atoms with Gasteiger partial charge in [-0.15, -0.1) is 0 Å². The van der Waals surface area contributed by atoms with Crippen LogP contribution in [-0.4, -0.2) is 36.5 Å². The Labute approximate surface area is 109 Å². The number of hydrogen-bond donors (Lipinski definition) is 1. The van der Waals surface area contributed by atoms with E-state index in [-0.39, 0.29) is 5.56 Å². The lowest BCUT2D eigenvalue weighted by Crippen LogP contribution is -2.28. The Bertz CT molecular complexity index is 398. The fourth-order valence-corrected chi connectivity index (χ4v) is 1.92. The zero-order valence-corrected chi connectivity index (χ0v) is 11.6. The van der Waals surface area contributed by atoms with E-state index in [9.17, 15) is 4.79 Å². The first-order valence-corrected chi connectivity index (χ1v) is 6.69. The molecule has 0 saturated carbocycles. The van der Waals surface area contributed by atoms with Crippen molar-refractivity contribution in [3.05, 3.63) is 22.6 Å². The summed E-state index contributed by atoms with van der Waals surface area (Å²) in [5.41, 5.74) is 0.903. The van der Waals surface area contributed by atoms with Gasteiger partial charge >= 0.3 is 0 Å². The summed E-state index contributed by atoms with van der Waals surface area (Å²) in [6.07, 6.45) is 3.81. The standard InChI is InChI=1S/C13H24N4O/c1-4-16(5-2)12-10-13(18)17(15-11-12)9-7-6-8-14-3/h10-11,14H,4-9H2,1-3H3. The van der Waals surface area contributed by atoms with Gasteiger partial charge in [0, 0.05) is 25.7 Å². The number of anilines is 1. The molecule has 0 amide bonds. The highest BCUT2D eigenvalue weighted by atomic mass is 16.1. The summed E-state index contributed by atoms with van der Waals surface area (Å²) in [6, 6.07) is 1.68. The fourth-order valence-electron chi connectivity index (χ4n) is 1.92. The molecule has 5 heteroatoms. The molecule has 5 nitrogen and oxygen atoms in total. The van der Waals surface area contributed by atoms with E-state index >= 15 is 0 Å². The zero-order chi connectivity index (χ0) is 13.4. The van der Waals surface area contributed by atoms with Crippen LogP contribution in [0, 0.1) is 0 Å². The summed E-state index contributed by atoms with van der Waals surface area (Å²) in [7, 11) is 1.93. The quantitative estimate of drug-likeness (QED) is 0.704. The molecule has 0 fully saturated rings. The Balaban J connectivity index is 2.65. The number of rotatable bonds is 8. The number of aromatic nitrogens is 2. The lowest BCUT2D eigenvalue weighted by molar-refractivity contribution is 0.524. The molecule has 1 heterocycles. The SMILES string of the molecule is CCN(CC)c1cnn(CCCCNC)c(=O)c1. The van der Waals surface area contributed by atoms with Crippen LogP contribution in [-0.2, 0) is 6.54 Å². The second-order valence-electron chi connectivity index (χ2n) is 4.26. The molecule has 0 aromatic carbocycles. The molecule has 0 atom stereocenters. The van der Waals surface area contributed by atoms with E-state index in [4.69, 9.17) is 0 Å². The molecule has 1 aromatic heterocycles. The van der Waals surface area contributed by atoms with Crippen molar-refractivity contribution in [1.29, 1.82) is 0 Å². The molecule has 0 unspecified atom stereocenters. The Kier molecular flexibility index (Phi) is 6.43. The second kappa shape index (κ2) is 7.87. The summed E-state index contributed by atoms with van der Waals surface area (Å²) < 4.78 is 1.54. The first-order chi connectivity index (χ1) is 8.72. The van der Waals surface area contributed by atoms with Crippen LogP contribution in [0.5, 0.6) is 0 Å². The molecule has 1 aromatic rings. The third kappa shape index (κ3) is 4.14. The summed E-state index contributed by atoms with van der Waals surface area (Å²) in [5, 5.41) is 7.33. The highest BCUT2D eigenvalue weighted by Gasteiger charge is 2.05. The third-order valence-corrected chi connectivity index (χ3v) is 3.03. The van der Waals surface area contributed by atoms with Crippen LogP contribution in [0.1, 0.15) is 26.7 Å². The van der Waals surface area contributed by atoms with Crippen molar-refractivity contribution in [2.24, 2.45) is 0 Å². The first kappa shape index (κ1) is 14.7. The van der Waals surface area contributed by atoms with Crippen molar-refractivity contribution in [3.8, 4) is 0 Å². The molecule has 0 aliphatic carbocycles. The van der Waals surface area contributed by atoms with E-state index in [0.29, 0.717) is 6.54 Å². The van der Waals surface area contributed by atoms with Gasteiger partial charge in [-0.25, -0.2) is 4.68 Å². The van der Waals surface area contributed by atoms with E-state index in [1.165, 1.54) is 0 Å². The van der Waals surface area contributed by atoms with Crippen molar-refractivity contribution < 1.29 is 0 Å². The van der Waals surface area contributed by atoms with Crippen LogP contribution in [0.25, 0.3) is 0 Å². The van der Waals surface area contributed by atoms with Crippen LogP contribution in [0.4, 0.5) is 5.69 Å². The Morgan fingerprint density at radius 3 is 2.61 bits per heavy atom. The molecule has 0 aliphatic heterocycles. The molecule has 18 heavy (non-hydrogen) atoms. The molecule has 1 rings (SSSR count). The number of nitrogens with one attached hydrogen (secondary N) is 1. The third-order valence-electron chi connectivity index (χ3n) is 3.03. The van der Waals surface area contributed by atoms with Gasteiger partial charge in [-0.1, -0.05) is 0 Å². The van der Waals surface area contributed by atoms with Crippen molar-refractivity contribution in [2.75, 3.05) is 31.6 Å². The van der Waals surface area contributed by atoms with Gasteiger partial charge in [0.15, 0.2) is 0 Å². The minimum absolute atomic E-state index is 0.0103. The first-order valence-electron chi connectivity index (χ1n) is 6.69. The molecule has 0 saturated heterocycles. The average Bonchev–Trinajstić information content (AvgIpc) is 2.38. The molecule has 0 radical (unpaired) electrons. The maximum atomic E-state index is 11.9. The lowest BCUT2D eigenvalue weighted by atomic mass is 10.3. The van der Waals surface area contributed by atoms with E-state index < -0.39 is 0 Å². The zero-order valence-electron chi connectivity index (χ0n) is 11.6. The Hall–Kier alpha value is -1.36. The minimum atomic E-state index is -0.0103. The van der Waals surface area contributed by atoms with Crippen molar-refractivity contribution >= 4 is 5.69 Å². The maximum absolute atomic E-state index is 11.9. The van der Waals surface area contributed by atoms with Gasteiger partial charge in [0.05, 0.1) is 11.9 Å². The highest BCUT2D eigenvalue weighted by molar-refractivity contribution is 5.42. The molecule has 102 valence electrons.